The van der Waals surface area contributed by atoms with Gasteiger partial charge in [-0.3, -0.25) is 0 Å². The van der Waals surface area contributed by atoms with Gasteiger partial charge >= 0.3 is 6.03 Å². The molecule has 0 bridgehead atoms. The van der Waals surface area contributed by atoms with E-state index < -0.39 is 20.3 Å². The van der Waals surface area contributed by atoms with Gasteiger partial charge in [0.25, 0.3) is 0 Å². The average Bonchev–Trinajstić information content (AvgIpc) is 2.67. The fourth-order valence-electron chi connectivity index (χ4n) is 3.33. The third kappa shape index (κ3) is 5.25. The van der Waals surface area contributed by atoms with Crippen LogP contribution in [0, 0.1) is 0 Å². The van der Waals surface area contributed by atoms with E-state index in [1.54, 1.807) is 34.0 Å². The third-order valence-corrected chi connectivity index (χ3v) is 7.44. The molecule has 0 aromatic heterocycles. The van der Waals surface area contributed by atoms with Crippen molar-refractivity contribution in [3.63, 3.8) is 0 Å². The Bertz CT molecular complexity index is 795. The Balaban J connectivity index is 2.10. The fraction of sp³-hybridized carbons (Fsp3) is 0.632. The van der Waals surface area contributed by atoms with E-state index in [0.717, 1.165) is 5.70 Å². The summed E-state index contributed by atoms with van der Waals surface area (Å²) in [5, 5.41) is 1.11. The molecule has 2 rings (SSSR count). The maximum atomic E-state index is 13.2. The summed E-state index contributed by atoms with van der Waals surface area (Å²) < 4.78 is 26.4. The summed E-state index contributed by atoms with van der Waals surface area (Å²) in [7, 11) is 3.80. The van der Waals surface area contributed by atoms with Crippen LogP contribution in [-0.2, 0) is 14.6 Å². The van der Waals surface area contributed by atoms with Crippen molar-refractivity contribution in [2.45, 2.75) is 23.3 Å². The van der Waals surface area contributed by atoms with Gasteiger partial charge in [0, 0.05) is 46.0 Å². The van der Waals surface area contributed by atoms with Crippen molar-refractivity contribution in [3.8, 4) is 0 Å². The molecule has 0 aromatic carbocycles. The molecular formula is C19H30N4O4S. The van der Waals surface area contributed by atoms with E-state index in [1.165, 1.54) is 0 Å². The molecule has 1 fully saturated rings. The van der Waals surface area contributed by atoms with Crippen LogP contribution >= 0.6 is 0 Å². The second kappa shape index (κ2) is 9.41. The van der Waals surface area contributed by atoms with Gasteiger partial charge in [0.1, 0.15) is 11.2 Å². The first-order chi connectivity index (χ1) is 13.2. The Morgan fingerprint density at radius 2 is 2.04 bits per heavy atom. The van der Waals surface area contributed by atoms with E-state index in [4.69, 9.17) is 0 Å². The van der Waals surface area contributed by atoms with Gasteiger partial charge in [0.15, 0.2) is 9.84 Å². The predicted molar refractivity (Wildman–Crippen MR) is 109 cm³/mol. The molecule has 0 spiro atoms. The number of likely N-dealkylation sites (tertiary alicyclic amines) is 1. The molecule has 1 aliphatic carbocycles. The summed E-state index contributed by atoms with van der Waals surface area (Å²) in [6.45, 7) is 1.88. The molecule has 2 aliphatic rings. The van der Waals surface area contributed by atoms with Gasteiger partial charge in [-0.15, -0.1) is 0 Å². The molecule has 1 aliphatic heterocycles. The largest absolute Gasteiger partial charge is 0.378 e. The number of nitrogens with one attached hydrogen (secondary N) is 1. The number of urea groups is 1. The number of carbonyl (C=O) groups is 1. The van der Waals surface area contributed by atoms with Crippen molar-refractivity contribution in [2.24, 2.45) is 0 Å². The van der Waals surface area contributed by atoms with Gasteiger partial charge in [-0.2, -0.15) is 0 Å². The topological polar surface area (TPSA) is 90.0 Å². The predicted octanol–water partition coefficient (Wildman–Crippen LogP) is 0.279. The summed E-state index contributed by atoms with van der Waals surface area (Å²) in [6.07, 6.45) is 5.90. The lowest BCUT2D eigenvalue weighted by Gasteiger charge is -2.34. The van der Waals surface area contributed by atoms with Gasteiger partial charge in [-0.05, 0) is 39.1 Å². The van der Waals surface area contributed by atoms with Gasteiger partial charge in [-0.1, -0.05) is 6.08 Å². The fourth-order valence-corrected chi connectivity index (χ4v) is 5.39. The Kier molecular flexibility index (Phi) is 7.46. The maximum absolute atomic E-state index is 13.2. The van der Waals surface area contributed by atoms with Crippen LogP contribution in [0.4, 0.5) is 4.79 Å². The number of hydrogen-bond donors (Lipinski definition) is 1. The first-order valence-corrected chi connectivity index (χ1v) is 11.0. The highest BCUT2D eigenvalue weighted by molar-refractivity contribution is 7.93. The Morgan fingerprint density at radius 1 is 1.32 bits per heavy atom. The average molecular weight is 411 g/mol. The lowest BCUT2D eigenvalue weighted by Crippen LogP contribution is -2.51. The van der Waals surface area contributed by atoms with E-state index in [9.17, 15) is 18.0 Å². The highest BCUT2D eigenvalue weighted by Gasteiger charge is 2.39. The normalized spacial score (nSPS) is 22.7. The molecule has 1 saturated heterocycles. The molecule has 2 amide bonds. The van der Waals surface area contributed by atoms with Gasteiger partial charge in [-0.25, -0.2) is 18.0 Å². The Hall–Kier alpha value is -2.09. The van der Waals surface area contributed by atoms with Crippen molar-refractivity contribution in [3.05, 3.63) is 29.5 Å². The summed E-state index contributed by atoms with van der Waals surface area (Å²) in [5.41, 5.74) is 0.856. The molecule has 1 N–H and O–H groups in total. The SMILES string of the molecule is CN(C)CCNC(=O)N1CCCC(S(=O)(=O)C2C=CC(N(C)C)=CC2=C=O)C1. The number of amides is 2. The zero-order valence-corrected chi connectivity index (χ0v) is 17.8. The molecule has 156 valence electrons. The first kappa shape index (κ1) is 22.2. The highest BCUT2D eigenvalue weighted by atomic mass is 32.2. The second-order valence-corrected chi connectivity index (χ2v) is 9.99. The Labute approximate surface area is 167 Å². The minimum absolute atomic E-state index is 0.110. The van der Waals surface area contributed by atoms with Crippen LogP contribution in [0.3, 0.4) is 0 Å². The molecule has 1 heterocycles. The van der Waals surface area contributed by atoms with Crippen LogP contribution in [0.5, 0.6) is 0 Å². The molecule has 0 saturated carbocycles. The number of allylic oxidation sites excluding steroid dienone is 2. The monoisotopic (exact) mass is 410 g/mol. The van der Waals surface area contributed by atoms with Crippen LogP contribution < -0.4 is 5.32 Å². The first-order valence-electron chi connectivity index (χ1n) is 9.39. The molecule has 0 radical (unpaired) electrons. The van der Waals surface area contributed by atoms with Gasteiger partial charge < -0.3 is 20.0 Å². The van der Waals surface area contributed by atoms with E-state index in [0.29, 0.717) is 32.5 Å². The number of carbonyl (C=O) groups excluding carboxylic acids is 2. The number of likely N-dealkylation sites (N-methyl/N-ethyl adjacent to an activating group) is 2. The molecule has 9 heteroatoms. The van der Waals surface area contributed by atoms with Gasteiger partial charge in [0.2, 0.25) is 0 Å². The minimum atomic E-state index is -3.68. The summed E-state index contributed by atoms with van der Waals surface area (Å²) in [5.74, 6) is 1.79. The number of piperidine rings is 1. The van der Waals surface area contributed by atoms with Crippen LogP contribution in [0.1, 0.15) is 12.8 Å². The zero-order valence-electron chi connectivity index (χ0n) is 17.0. The van der Waals surface area contributed by atoms with Crippen molar-refractivity contribution < 1.29 is 18.0 Å². The van der Waals surface area contributed by atoms with E-state index in [2.05, 4.69) is 5.32 Å². The molecule has 2 atom stereocenters. The number of hydrogen-bond acceptors (Lipinski definition) is 6. The van der Waals surface area contributed by atoms with Crippen LogP contribution in [0.2, 0.25) is 0 Å². The third-order valence-electron chi connectivity index (χ3n) is 5.01. The number of rotatable bonds is 6. The highest BCUT2D eigenvalue weighted by Crippen LogP contribution is 2.28. The summed E-state index contributed by atoms with van der Waals surface area (Å²) >= 11 is 0. The quantitative estimate of drug-likeness (QED) is 0.633. The summed E-state index contributed by atoms with van der Waals surface area (Å²) in [4.78, 5) is 29.1. The van der Waals surface area contributed by atoms with Crippen molar-refractivity contribution in [1.82, 2.24) is 20.0 Å². The minimum Gasteiger partial charge on any atom is -0.378 e. The van der Waals surface area contributed by atoms with Crippen LogP contribution in [0.15, 0.2) is 29.5 Å². The lowest BCUT2D eigenvalue weighted by molar-refractivity contribution is 0.186. The van der Waals surface area contributed by atoms with Crippen LogP contribution in [0.25, 0.3) is 0 Å². The van der Waals surface area contributed by atoms with Crippen LogP contribution in [-0.4, -0.2) is 100.0 Å². The standard InChI is InChI=1S/C19H30N4O4S/c1-21(2)11-9-20-19(25)23-10-5-6-17(13-23)28(26,27)18-8-7-16(22(3)4)12-15(18)14-24/h7-8,12,17-18H,5-6,9-11,13H2,1-4H3,(H,20,25). The molecule has 2 unspecified atom stereocenters. The van der Waals surface area contributed by atoms with Crippen molar-refractivity contribution >= 4 is 21.8 Å². The molecule has 28 heavy (non-hydrogen) atoms. The molecule has 0 aromatic rings. The molecular weight excluding hydrogens is 380 g/mol. The summed E-state index contributed by atoms with van der Waals surface area (Å²) in [6, 6.07) is -0.248. The Morgan fingerprint density at radius 3 is 2.64 bits per heavy atom. The van der Waals surface area contributed by atoms with Crippen molar-refractivity contribution in [1.29, 1.82) is 0 Å². The molecule has 8 nitrogen and oxygen atoms in total. The van der Waals surface area contributed by atoms with Crippen molar-refractivity contribution in [2.75, 3.05) is 54.4 Å². The maximum Gasteiger partial charge on any atom is 0.317 e. The lowest BCUT2D eigenvalue weighted by atomic mass is 10.1. The van der Waals surface area contributed by atoms with Gasteiger partial charge in [0.05, 0.1) is 10.8 Å². The van der Waals surface area contributed by atoms with E-state index in [1.807, 2.05) is 33.1 Å². The second-order valence-electron chi connectivity index (χ2n) is 7.64. The number of nitrogens with zero attached hydrogens (tertiary/aromatic N) is 3. The number of sulfone groups is 1. The zero-order chi connectivity index (χ0) is 20.9. The van der Waals surface area contributed by atoms with E-state index in [-0.39, 0.29) is 18.1 Å². The smallest absolute Gasteiger partial charge is 0.317 e. The van der Waals surface area contributed by atoms with E-state index >= 15 is 0 Å².